The van der Waals surface area contributed by atoms with E-state index < -0.39 is 12.0 Å². The van der Waals surface area contributed by atoms with Crippen molar-refractivity contribution in [3.63, 3.8) is 0 Å². The van der Waals surface area contributed by atoms with Gasteiger partial charge in [-0.3, -0.25) is 9.59 Å². The second-order valence-corrected chi connectivity index (χ2v) is 5.67. The Kier molecular flexibility index (Phi) is 6.33. The van der Waals surface area contributed by atoms with E-state index in [1.807, 2.05) is 30.3 Å². The van der Waals surface area contributed by atoms with Gasteiger partial charge in [-0.2, -0.15) is 0 Å². The molecule has 1 atom stereocenters. The van der Waals surface area contributed by atoms with Crippen LogP contribution in [0, 0.1) is 0 Å². The van der Waals surface area contributed by atoms with Gasteiger partial charge in [-0.1, -0.05) is 36.4 Å². The lowest BCUT2D eigenvalue weighted by Crippen LogP contribution is -2.42. The summed E-state index contributed by atoms with van der Waals surface area (Å²) in [6, 6.07) is 13.4. The Morgan fingerprint density at radius 2 is 1.84 bits per heavy atom. The van der Waals surface area contributed by atoms with E-state index >= 15 is 0 Å². The molecule has 0 spiro atoms. The highest BCUT2D eigenvalue weighted by Crippen LogP contribution is 2.15. The van der Waals surface area contributed by atoms with Crippen molar-refractivity contribution in [2.24, 2.45) is 0 Å². The van der Waals surface area contributed by atoms with E-state index in [1.165, 1.54) is 22.6 Å². The van der Waals surface area contributed by atoms with Crippen molar-refractivity contribution in [1.82, 2.24) is 14.8 Å². The van der Waals surface area contributed by atoms with Crippen molar-refractivity contribution >= 4 is 12.0 Å². The fourth-order valence-electron chi connectivity index (χ4n) is 2.35. The van der Waals surface area contributed by atoms with E-state index in [9.17, 15) is 14.4 Å². The van der Waals surface area contributed by atoms with Gasteiger partial charge in [-0.15, -0.1) is 0 Å². The molecule has 2 rings (SSSR count). The molecule has 1 unspecified atom stereocenters. The summed E-state index contributed by atoms with van der Waals surface area (Å²) in [4.78, 5) is 36.3. The summed E-state index contributed by atoms with van der Waals surface area (Å²) in [6.45, 7) is 0.385. The summed E-state index contributed by atoms with van der Waals surface area (Å²) in [5.41, 5.74) is 0.704. The number of nitrogens with one attached hydrogen (secondary N) is 1. The first-order valence-electron chi connectivity index (χ1n) is 7.91. The van der Waals surface area contributed by atoms with Crippen molar-refractivity contribution in [3.05, 3.63) is 70.6 Å². The molecule has 1 aromatic carbocycles. The minimum atomic E-state index is -0.963. The number of urea groups is 1. The molecule has 0 aliphatic rings. The van der Waals surface area contributed by atoms with Crippen molar-refractivity contribution in [2.45, 2.75) is 19.0 Å². The summed E-state index contributed by atoms with van der Waals surface area (Å²) in [6.07, 6.45) is 1.54. The van der Waals surface area contributed by atoms with Gasteiger partial charge in [0.05, 0.1) is 19.0 Å². The fourth-order valence-corrected chi connectivity index (χ4v) is 2.35. The van der Waals surface area contributed by atoms with Crippen LogP contribution in [0.4, 0.5) is 4.79 Å². The van der Waals surface area contributed by atoms with Crippen LogP contribution in [0.15, 0.2) is 59.5 Å². The molecule has 2 aromatic rings. The van der Waals surface area contributed by atoms with Crippen molar-refractivity contribution in [2.75, 3.05) is 13.6 Å². The number of carbonyl (C=O) groups excluding carboxylic acids is 1. The van der Waals surface area contributed by atoms with Crippen molar-refractivity contribution in [1.29, 1.82) is 0 Å². The quantitative estimate of drug-likeness (QED) is 0.800. The molecular weight excluding hydrogens is 322 g/mol. The standard InChI is InChI=1S/C18H21N3O4/c1-20(12-10-17(23)24)18(25)19-15(14-7-3-2-4-8-14)13-21-11-6-5-9-16(21)22/h2-9,11,15H,10,12-13H2,1H3,(H,19,25)(H,23,24). The molecule has 0 fully saturated rings. The zero-order chi connectivity index (χ0) is 18.2. The first-order valence-corrected chi connectivity index (χ1v) is 7.91. The van der Waals surface area contributed by atoms with E-state index in [-0.39, 0.29) is 31.1 Å². The number of hydrogen-bond acceptors (Lipinski definition) is 3. The van der Waals surface area contributed by atoms with Crippen molar-refractivity contribution in [3.8, 4) is 0 Å². The molecule has 25 heavy (non-hydrogen) atoms. The van der Waals surface area contributed by atoms with E-state index in [4.69, 9.17) is 5.11 Å². The Labute approximate surface area is 145 Å². The number of carboxylic acid groups (broad SMARTS) is 1. The average Bonchev–Trinajstić information content (AvgIpc) is 2.61. The lowest BCUT2D eigenvalue weighted by Gasteiger charge is -2.24. The van der Waals surface area contributed by atoms with E-state index in [0.29, 0.717) is 0 Å². The molecule has 132 valence electrons. The summed E-state index contributed by atoms with van der Waals surface area (Å²) >= 11 is 0. The second kappa shape index (κ2) is 8.68. The third-order valence-electron chi connectivity index (χ3n) is 3.79. The predicted octanol–water partition coefficient (Wildman–Crippen LogP) is 1.71. The van der Waals surface area contributed by atoms with Crippen LogP contribution in [-0.4, -0.2) is 40.2 Å². The van der Waals surface area contributed by atoms with Gasteiger partial charge in [0.1, 0.15) is 0 Å². The van der Waals surface area contributed by atoms with Crippen LogP contribution in [0.3, 0.4) is 0 Å². The third-order valence-corrected chi connectivity index (χ3v) is 3.79. The molecule has 2 amide bonds. The van der Waals surface area contributed by atoms with Crippen LogP contribution >= 0.6 is 0 Å². The first kappa shape index (κ1) is 18.3. The molecule has 7 heteroatoms. The van der Waals surface area contributed by atoms with Crippen LogP contribution < -0.4 is 10.9 Å². The van der Waals surface area contributed by atoms with Gasteiger partial charge in [-0.25, -0.2) is 4.79 Å². The Morgan fingerprint density at radius 1 is 1.16 bits per heavy atom. The Morgan fingerprint density at radius 3 is 2.48 bits per heavy atom. The lowest BCUT2D eigenvalue weighted by atomic mass is 10.1. The molecule has 0 saturated heterocycles. The Bertz CT molecular complexity index is 773. The number of pyridine rings is 1. The molecule has 7 nitrogen and oxygen atoms in total. The lowest BCUT2D eigenvalue weighted by molar-refractivity contribution is -0.137. The van der Waals surface area contributed by atoms with Gasteiger partial charge in [0.15, 0.2) is 0 Å². The van der Waals surface area contributed by atoms with Crippen LogP contribution in [0.1, 0.15) is 18.0 Å². The predicted molar refractivity (Wildman–Crippen MR) is 93.3 cm³/mol. The number of aliphatic carboxylic acids is 1. The van der Waals surface area contributed by atoms with Crippen LogP contribution in [0.25, 0.3) is 0 Å². The van der Waals surface area contributed by atoms with E-state index in [0.717, 1.165) is 5.56 Å². The highest BCUT2D eigenvalue weighted by molar-refractivity contribution is 5.75. The largest absolute Gasteiger partial charge is 0.481 e. The summed E-state index contributed by atoms with van der Waals surface area (Å²) in [7, 11) is 1.54. The van der Waals surface area contributed by atoms with E-state index in [2.05, 4.69) is 5.32 Å². The van der Waals surface area contributed by atoms with Gasteiger partial charge in [0.25, 0.3) is 5.56 Å². The maximum Gasteiger partial charge on any atom is 0.317 e. The number of aromatic nitrogens is 1. The Balaban J connectivity index is 2.15. The molecule has 0 aliphatic heterocycles. The van der Waals surface area contributed by atoms with E-state index in [1.54, 1.807) is 18.3 Å². The normalized spacial score (nSPS) is 11.6. The van der Waals surface area contributed by atoms with Crippen molar-refractivity contribution < 1.29 is 14.7 Å². The maximum absolute atomic E-state index is 12.3. The van der Waals surface area contributed by atoms with Crippen LogP contribution in [-0.2, 0) is 11.3 Å². The molecule has 0 saturated carbocycles. The average molecular weight is 343 g/mol. The monoisotopic (exact) mass is 343 g/mol. The number of carboxylic acids is 1. The number of nitrogens with zero attached hydrogens (tertiary/aromatic N) is 2. The minimum absolute atomic E-state index is 0.105. The van der Waals surface area contributed by atoms with Gasteiger partial charge >= 0.3 is 12.0 Å². The fraction of sp³-hybridized carbons (Fsp3) is 0.278. The summed E-state index contributed by atoms with van der Waals surface area (Å²) < 4.78 is 1.52. The molecule has 2 N–H and O–H groups in total. The molecule has 1 aromatic heterocycles. The second-order valence-electron chi connectivity index (χ2n) is 5.67. The molecule has 1 heterocycles. The molecule has 0 radical (unpaired) electrons. The Hall–Kier alpha value is -3.09. The first-order chi connectivity index (χ1) is 12.0. The number of hydrogen-bond donors (Lipinski definition) is 2. The van der Waals surface area contributed by atoms with Gasteiger partial charge in [0.2, 0.25) is 0 Å². The zero-order valence-corrected chi connectivity index (χ0v) is 14.0. The highest BCUT2D eigenvalue weighted by atomic mass is 16.4. The summed E-state index contributed by atoms with van der Waals surface area (Å²) in [5.74, 6) is -0.963. The third kappa shape index (κ3) is 5.49. The van der Waals surface area contributed by atoms with Gasteiger partial charge < -0.3 is 19.9 Å². The molecule has 0 bridgehead atoms. The number of benzene rings is 1. The summed E-state index contributed by atoms with van der Waals surface area (Å²) in [5, 5.41) is 11.6. The SMILES string of the molecule is CN(CCC(=O)O)C(=O)NC(Cn1ccccc1=O)c1ccccc1. The van der Waals surface area contributed by atoms with Crippen LogP contribution in [0.5, 0.6) is 0 Å². The van der Waals surface area contributed by atoms with Gasteiger partial charge in [0, 0.05) is 25.9 Å². The number of carbonyl (C=O) groups is 2. The number of rotatable bonds is 7. The molecular formula is C18H21N3O4. The number of amides is 2. The van der Waals surface area contributed by atoms with Crippen LogP contribution in [0.2, 0.25) is 0 Å². The smallest absolute Gasteiger partial charge is 0.317 e. The molecule has 0 aliphatic carbocycles. The highest BCUT2D eigenvalue weighted by Gasteiger charge is 2.18. The topological polar surface area (TPSA) is 91.6 Å². The maximum atomic E-state index is 12.3. The zero-order valence-electron chi connectivity index (χ0n) is 14.0. The minimum Gasteiger partial charge on any atom is -0.481 e. The van der Waals surface area contributed by atoms with Gasteiger partial charge in [-0.05, 0) is 11.6 Å².